The fraction of sp³-hybridized carbons (Fsp3) is 0.212. The maximum Gasteiger partial charge on any atom is 0.321 e. The summed E-state index contributed by atoms with van der Waals surface area (Å²) in [6.45, 7) is 0.885. The Labute approximate surface area is 261 Å². The molecule has 11 nitrogen and oxygen atoms in total. The maximum atomic E-state index is 14.1. The van der Waals surface area contributed by atoms with Crippen LogP contribution in [0.15, 0.2) is 115 Å². The molecule has 1 saturated heterocycles. The smallest absolute Gasteiger partial charge is 0.321 e. The van der Waals surface area contributed by atoms with Gasteiger partial charge in [-0.2, -0.15) is 4.31 Å². The number of rotatable bonds is 9. The standard InChI is InChI=1S/C33H33N7O4S/c41-32(36-17-8-19-38-20-18-34-24-38)29-23-39(33(42)37-28-14-5-4-13-27(28)25-9-2-1-3-10-25)21-22-40(29)45(43,44)30-15-6-11-26-12-7-16-35-31(26)30/h1-7,9-16,18,20,24,29H,8,17,19,21-23H2,(H,36,41)(H,37,42)/t29-/m1/s1. The quantitative estimate of drug-likeness (QED) is 0.237. The largest absolute Gasteiger partial charge is 0.355 e. The minimum absolute atomic E-state index is 0.0215. The van der Waals surface area contributed by atoms with E-state index >= 15 is 0 Å². The summed E-state index contributed by atoms with van der Waals surface area (Å²) in [5.41, 5.74) is 2.74. The van der Waals surface area contributed by atoms with Crippen LogP contribution >= 0.6 is 0 Å². The summed E-state index contributed by atoms with van der Waals surface area (Å²) in [4.78, 5) is 37.1. The zero-order valence-corrected chi connectivity index (χ0v) is 25.3. The summed E-state index contributed by atoms with van der Waals surface area (Å²) < 4.78 is 31.4. The second-order valence-corrected chi connectivity index (χ2v) is 12.6. The minimum atomic E-state index is -4.16. The van der Waals surface area contributed by atoms with Crippen LogP contribution in [0.2, 0.25) is 0 Å². The van der Waals surface area contributed by atoms with Crippen LogP contribution in [0.1, 0.15) is 6.42 Å². The number of aryl methyl sites for hydroxylation is 1. The Bertz CT molecular complexity index is 1890. The predicted molar refractivity (Wildman–Crippen MR) is 172 cm³/mol. The molecule has 45 heavy (non-hydrogen) atoms. The van der Waals surface area contributed by atoms with E-state index in [-0.39, 0.29) is 24.5 Å². The van der Waals surface area contributed by atoms with Crippen molar-refractivity contribution in [2.75, 3.05) is 31.5 Å². The van der Waals surface area contributed by atoms with Crippen molar-refractivity contribution in [3.8, 4) is 11.1 Å². The van der Waals surface area contributed by atoms with Gasteiger partial charge in [-0.15, -0.1) is 0 Å². The first-order valence-corrected chi connectivity index (χ1v) is 16.2. The van der Waals surface area contributed by atoms with Gasteiger partial charge in [-0.05, 0) is 30.2 Å². The summed E-state index contributed by atoms with van der Waals surface area (Å²) in [6, 6.07) is 24.1. The van der Waals surface area contributed by atoms with Crippen LogP contribution in [0.5, 0.6) is 0 Å². The molecular formula is C33H33N7O4S. The van der Waals surface area contributed by atoms with Crippen LogP contribution in [-0.4, -0.2) is 76.3 Å². The number of pyridine rings is 1. The number of para-hydroxylation sites is 2. The van der Waals surface area contributed by atoms with Gasteiger partial charge in [0.15, 0.2) is 0 Å². The molecule has 2 aromatic heterocycles. The maximum absolute atomic E-state index is 14.1. The third-order valence-electron chi connectivity index (χ3n) is 7.81. The fourth-order valence-electron chi connectivity index (χ4n) is 5.53. The van der Waals surface area contributed by atoms with Crippen LogP contribution < -0.4 is 10.6 Å². The molecule has 1 aliphatic heterocycles. The number of piperazine rings is 1. The van der Waals surface area contributed by atoms with E-state index in [2.05, 4.69) is 20.6 Å². The van der Waals surface area contributed by atoms with Gasteiger partial charge in [0.25, 0.3) is 0 Å². The number of carbonyl (C=O) groups is 2. The van der Waals surface area contributed by atoms with Gasteiger partial charge in [0.2, 0.25) is 15.9 Å². The number of sulfonamides is 1. The number of hydrogen-bond donors (Lipinski definition) is 2. The first kappa shape index (κ1) is 30.0. The van der Waals surface area contributed by atoms with E-state index in [1.807, 2.05) is 65.4 Å². The predicted octanol–water partition coefficient (Wildman–Crippen LogP) is 4.21. The van der Waals surface area contributed by atoms with Crippen LogP contribution in [0.3, 0.4) is 0 Å². The van der Waals surface area contributed by atoms with Crippen molar-refractivity contribution in [2.45, 2.75) is 23.9 Å². The second-order valence-electron chi connectivity index (χ2n) is 10.7. The lowest BCUT2D eigenvalue weighted by molar-refractivity contribution is -0.126. The van der Waals surface area contributed by atoms with Crippen LogP contribution in [-0.2, 0) is 21.4 Å². The number of carbonyl (C=O) groups excluding carboxylic acids is 2. The number of nitrogens with one attached hydrogen (secondary N) is 2. The first-order chi connectivity index (χ1) is 21.9. The van der Waals surface area contributed by atoms with Crippen molar-refractivity contribution >= 4 is 38.6 Å². The van der Waals surface area contributed by atoms with E-state index in [0.717, 1.165) is 11.1 Å². The molecule has 0 unspecified atom stereocenters. The van der Waals surface area contributed by atoms with Gasteiger partial charge < -0.3 is 20.1 Å². The highest BCUT2D eigenvalue weighted by molar-refractivity contribution is 7.89. The molecule has 5 aromatic rings. The molecule has 1 atom stereocenters. The molecule has 6 rings (SSSR count). The number of urea groups is 1. The number of aromatic nitrogens is 3. The molecule has 2 N–H and O–H groups in total. The third kappa shape index (κ3) is 6.56. The molecule has 0 aliphatic carbocycles. The van der Waals surface area contributed by atoms with Gasteiger partial charge in [0, 0.05) is 62.3 Å². The normalized spacial score (nSPS) is 15.6. The Morgan fingerprint density at radius 3 is 2.51 bits per heavy atom. The average molecular weight is 624 g/mol. The number of amides is 3. The van der Waals surface area contributed by atoms with E-state index in [0.29, 0.717) is 36.1 Å². The van der Waals surface area contributed by atoms with E-state index in [4.69, 9.17) is 0 Å². The van der Waals surface area contributed by atoms with Crippen molar-refractivity contribution in [3.05, 3.63) is 110 Å². The summed E-state index contributed by atoms with van der Waals surface area (Å²) in [6.07, 6.45) is 7.38. The van der Waals surface area contributed by atoms with Crippen molar-refractivity contribution < 1.29 is 18.0 Å². The summed E-state index contributed by atoms with van der Waals surface area (Å²) in [5.74, 6) is -0.473. The fourth-order valence-corrected chi connectivity index (χ4v) is 7.27. The van der Waals surface area contributed by atoms with Crippen LogP contribution in [0.25, 0.3) is 22.0 Å². The molecule has 0 spiro atoms. The SMILES string of the molecule is O=C(NCCCn1ccnc1)[C@H]1CN(C(=O)Nc2ccccc2-c2ccccc2)CCN1S(=O)(=O)c1cccc2cccnc12. The Kier molecular flexibility index (Phi) is 8.85. The number of fused-ring (bicyclic) bond motifs is 1. The number of nitrogens with zero attached hydrogens (tertiary/aromatic N) is 5. The molecule has 3 aromatic carbocycles. The number of hydrogen-bond acceptors (Lipinski definition) is 6. The van der Waals surface area contributed by atoms with Gasteiger partial charge in [-0.25, -0.2) is 18.2 Å². The molecule has 12 heteroatoms. The summed E-state index contributed by atoms with van der Waals surface area (Å²) in [5, 5.41) is 6.55. The van der Waals surface area contributed by atoms with Crippen LogP contribution in [0, 0.1) is 0 Å². The zero-order chi connectivity index (χ0) is 31.2. The number of benzene rings is 3. The lowest BCUT2D eigenvalue weighted by atomic mass is 10.0. The topological polar surface area (TPSA) is 130 Å². The first-order valence-electron chi connectivity index (χ1n) is 14.7. The van der Waals surface area contributed by atoms with Gasteiger partial charge in [-0.1, -0.05) is 66.7 Å². The lowest BCUT2D eigenvalue weighted by Crippen LogP contribution is -2.62. The second kappa shape index (κ2) is 13.3. The van der Waals surface area contributed by atoms with E-state index in [1.54, 1.807) is 43.0 Å². The zero-order valence-electron chi connectivity index (χ0n) is 24.5. The van der Waals surface area contributed by atoms with Crippen LogP contribution in [0.4, 0.5) is 10.5 Å². The molecule has 0 bridgehead atoms. The van der Waals surface area contributed by atoms with Gasteiger partial charge in [0.1, 0.15) is 10.9 Å². The number of imidazole rings is 1. The summed E-state index contributed by atoms with van der Waals surface area (Å²) in [7, 11) is -4.16. The molecule has 230 valence electrons. The summed E-state index contributed by atoms with van der Waals surface area (Å²) >= 11 is 0. The minimum Gasteiger partial charge on any atom is -0.355 e. The lowest BCUT2D eigenvalue weighted by Gasteiger charge is -2.39. The molecule has 0 saturated carbocycles. The molecule has 3 amide bonds. The molecule has 1 fully saturated rings. The third-order valence-corrected chi connectivity index (χ3v) is 9.75. The Morgan fingerprint density at radius 1 is 0.889 bits per heavy atom. The highest BCUT2D eigenvalue weighted by Crippen LogP contribution is 2.30. The van der Waals surface area contributed by atoms with Crippen molar-refractivity contribution in [1.82, 2.24) is 29.1 Å². The van der Waals surface area contributed by atoms with Gasteiger partial charge in [0.05, 0.1) is 17.5 Å². The van der Waals surface area contributed by atoms with E-state index < -0.39 is 28.0 Å². The average Bonchev–Trinajstić information content (AvgIpc) is 3.60. The highest BCUT2D eigenvalue weighted by Gasteiger charge is 2.42. The van der Waals surface area contributed by atoms with Gasteiger partial charge in [-0.3, -0.25) is 9.78 Å². The van der Waals surface area contributed by atoms with E-state index in [9.17, 15) is 18.0 Å². The van der Waals surface area contributed by atoms with E-state index in [1.165, 1.54) is 15.3 Å². The number of anilines is 1. The van der Waals surface area contributed by atoms with Crippen molar-refractivity contribution in [2.24, 2.45) is 0 Å². The Morgan fingerprint density at radius 2 is 1.69 bits per heavy atom. The van der Waals surface area contributed by atoms with Crippen molar-refractivity contribution in [1.29, 1.82) is 0 Å². The van der Waals surface area contributed by atoms with Crippen molar-refractivity contribution in [3.63, 3.8) is 0 Å². The molecule has 0 radical (unpaired) electrons. The Hall–Kier alpha value is -5.07. The highest BCUT2D eigenvalue weighted by atomic mass is 32.2. The Balaban J connectivity index is 1.24. The monoisotopic (exact) mass is 623 g/mol. The molecule has 3 heterocycles. The molecular weight excluding hydrogens is 590 g/mol. The van der Waals surface area contributed by atoms with Gasteiger partial charge >= 0.3 is 6.03 Å². The molecule has 1 aliphatic rings.